The zero-order valence-electron chi connectivity index (χ0n) is 9.54. The second kappa shape index (κ2) is 5.30. The maximum Gasteiger partial charge on any atom is 0.0582 e. The molecule has 0 amide bonds. The first-order chi connectivity index (χ1) is 7.69. The average Bonchev–Trinajstić information content (AvgIpc) is 2.29. The summed E-state index contributed by atoms with van der Waals surface area (Å²) in [6.07, 6.45) is 3.37. The van der Waals surface area contributed by atoms with Crippen LogP contribution in [-0.2, 0) is 12.8 Å². The highest BCUT2D eigenvalue weighted by Gasteiger charge is 2.19. The third-order valence-corrected chi connectivity index (χ3v) is 3.68. The molecule has 2 N–H and O–H groups in total. The van der Waals surface area contributed by atoms with Gasteiger partial charge in [-0.05, 0) is 49.4 Å². The van der Waals surface area contributed by atoms with Crippen molar-refractivity contribution in [3.8, 4) is 0 Å². The van der Waals surface area contributed by atoms with Crippen molar-refractivity contribution in [2.45, 2.75) is 38.3 Å². The third-order valence-electron chi connectivity index (χ3n) is 3.19. The molecule has 2 atom stereocenters. The Morgan fingerprint density at radius 1 is 1.50 bits per heavy atom. The fraction of sp³-hybridized carbons (Fsp3) is 0.538. The molecule has 0 fully saturated rings. The maximum absolute atomic E-state index is 9.03. The quantitative estimate of drug-likeness (QED) is 0.892. The second-order valence-corrected chi connectivity index (χ2v) is 5.52. The van der Waals surface area contributed by atoms with Gasteiger partial charge >= 0.3 is 0 Å². The fourth-order valence-electron chi connectivity index (χ4n) is 2.32. The van der Waals surface area contributed by atoms with Crippen molar-refractivity contribution >= 4 is 15.9 Å². The van der Waals surface area contributed by atoms with Crippen LogP contribution in [0.3, 0.4) is 0 Å². The van der Waals surface area contributed by atoms with Crippen LogP contribution in [0.4, 0.5) is 0 Å². The molecule has 0 saturated carbocycles. The van der Waals surface area contributed by atoms with Gasteiger partial charge in [0.15, 0.2) is 0 Å². The Hall–Kier alpha value is -0.380. The molecule has 0 spiro atoms. The van der Waals surface area contributed by atoms with Gasteiger partial charge in [0.1, 0.15) is 0 Å². The molecule has 0 aromatic heterocycles. The van der Waals surface area contributed by atoms with E-state index in [1.54, 1.807) is 0 Å². The first-order valence-electron chi connectivity index (χ1n) is 5.83. The summed E-state index contributed by atoms with van der Waals surface area (Å²) in [5.41, 5.74) is 2.90. The number of hydrogen-bond donors (Lipinski definition) is 2. The lowest BCUT2D eigenvalue weighted by Crippen LogP contribution is -2.41. The molecule has 0 bridgehead atoms. The van der Waals surface area contributed by atoms with Gasteiger partial charge in [-0.15, -0.1) is 0 Å². The number of halogens is 1. The van der Waals surface area contributed by atoms with Gasteiger partial charge in [-0.25, -0.2) is 0 Å². The first-order valence-corrected chi connectivity index (χ1v) is 6.62. The zero-order valence-corrected chi connectivity index (χ0v) is 11.1. The molecular weight excluding hydrogens is 266 g/mol. The van der Waals surface area contributed by atoms with Gasteiger partial charge in [0.2, 0.25) is 0 Å². The Labute approximate surface area is 105 Å². The third kappa shape index (κ3) is 2.84. The van der Waals surface area contributed by atoms with Gasteiger partial charge < -0.3 is 10.4 Å². The molecule has 0 saturated heterocycles. The normalized spacial score (nSPS) is 21.6. The molecular formula is C13H18BrNO. The van der Waals surface area contributed by atoms with Crippen LogP contribution in [0.25, 0.3) is 0 Å². The molecule has 0 heterocycles. The molecule has 0 radical (unpaired) electrons. The van der Waals surface area contributed by atoms with E-state index in [-0.39, 0.29) is 12.6 Å². The van der Waals surface area contributed by atoms with E-state index < -0.39 is 0 Å². The fourth-order valence-corrected chi connectivity index (χ4v) is 2.73. The lowest BCUT2D eigenvalue weighted by Gasteiger charge is -2.28. The van der Waals surface area contributed by atoms with E-state index in [4.69, 9.17) is 5.11 Å². The number of fused-ring (bicyclic) bond motifs is 1. The molecule has 1 unspecified atom stereocenters. The lowest BCUT2D eigenvalue weighted by molar-refractivity contribution is 0.236. The number of nitrogens with one attached hydrogen (secondary N) is 1. The standard InChI is InChI=1S/C13H18BrNO/c1-9(8-16)15-13-5-3-10-6-12(14)4-2-11(10)7-13/h2,4,6,9,13,15-16H,3,5,7-8H2,1H3/t9-,13?/m1/s1. The molecule has 1 aliphatic rings. The summed E-state index contributed by atoms with van der Waals surface area (Å²) < 4.78 is 1.17. The minimum atomic E-state index is 0.196. The summed E-state index contributed by atoms with van der Waals surface area (Å²) in [4.78, 5) is 0. The predicted molar refractivity (Wildman–Crippen MR) is 69.6 cm³/mol. The Bertz CT molecular complexity index is 367. The van der Waals surface area contributed by atoms with Crippen LogP contribution in [0.5, 0.6) is 0 Å². The van der Waals surface area contributed by atoms with Crippen LogP contribution in [0.2, 0.25) is 0 Å². The molecule has 3 heteroatoms. The highest BCUT2D eigenvalue weighted by molar-refractivity contribution is 9.10. The van der Waals surface area contributed by atoms with Crippen molar-refractivity contribution in [1.82, 2.24) is 5.32 Å². The van der Waals surface area contributed by atoms with Crippen LogP contribution in [0, 0.1) is 0 Å². The van der Waals surface area contributed by atoms with Gasteiger partial charge in [0, 0.05) is 16.6 Å². The van der Waals surface area contributed by atoms with Crippen LogP contribution >= 0.6 is 15.9 Å². The summed E-state index contributed by atoms with van der Waals surface area (Å²) in [6.45, 7) is 2.24. The highest BCUT2D eigenvalue weighted by atomic mass is 79.9. The number of rotatable bonds is 3. The van der Waals surface area contributed by atoms with Gasteiger partial charge in [-0.2, -0.15) is 0 Å². The van der Waals surface area contributed by atoms with Crippen molar-refractivity contribution in [3.63, 3.8) is 0 Å². The molecule has 1 aliphatic carbocycles. The van der Waals surface area contributed by atoms with Crippen molar-refractivity contribution < 1.29 is 5.11 Å². The number of aryl methyl sites for hydroxylation is 1. The molecule has 88 valence electrons. The number of hydrogen-bond acceptors (Lipinski definition) is 2. The van der Waals surface area contributed by atoms with Crippen molar-refractivity contribution in [2.24, 2.45) is 0 Å². The monoisotopic (exact) mass is 283 g/mol. The molecule has 2 nitrogen and oxygen atoms in total. The largest absolute Gasteiger partial charge is 0.395 e. The Morgan fingerprint density at radius 2 is 2.31 bits per heavy atom. The summed E-state index contributed by atoms with van der Waals surface area (Å²) in [5, 5.41) is 12.5. The number of aliphatic hydroxyl groups excluding tert-OH is 1. The van der Waals surface area contributed by atoms with Crippen LogP contribution < -0.4 is 5.32 Å². The zero-order chi connectivity index (χ0) is 11.5. The Balaban J connectivity index is 2.03. The van der Waals surface area contributed by atoms with E-state index in [0.29, 0.717) is 6.04 Å². The molecule has 0 aliphatic heterocycles. The van der Waals surface area contributed by atoms with Gasteiger partial charge in [-0.1, -0.05) is 22.0 Å². The van der Waals surface area contributed by atoms with Crippen LogP contribution in [-0.4, -0.2) is 23.8 Å². The van der Waals surface area contributed by atoms with Crippen LogP contribution in [0.1, 0.15) is 24.5 Å². The molecule has 16 heavy (non-hydrogen) atoms. The number of aliphatic hydroxyl groups is 1. The molecule has 1 aromatic carbocycles. The van der Waals surface area contributed by atoms with Crippen molar-refractivity contribution in [1.29, 1.82) is 0 Å². The maximum atomic E-state index is 9.03. The number of benzene rings is 1. The van der Waals surface area contributed by atoms with E-state index in [2.05, 4.69) is 39.4 Å². The van der Waals surface area contributed by atoms with E-state index in [1.807, 2.05) is 6.92 Å². The lowest BCUT2D eigenvalue weighted by atomic mass is 9.88. The first kappa shape index (κ1) is 12.1. The van der Waals surface area contributed by atoms with Crippen molar-refractivity contribution in [3.05, 3.63) is 33.8 Å². The van der Waals surface area contributed by atoms with Gasteiger partial charge in [0.05, 0.1) is 6.61 Å². The van der Waals surface area contributed by atoms with Gasteiger partial charge in [-0.3, -0.25) is 0 Å². The average molecular weight is 284 g/mol. The minimum Gasteiger partial charge on any atom is -0.395 e. The molecule has 1 aromatic rings. The smallest absolute Gasteiger partial charge is 0.0582 e. The summed E-state index contributed by atoms with van der Waals surface area (Å²) in [7, 11) is 0. The SMILES string of the molecule is C[C@H](CO)NC1CCc2cc(Br)ccc2C1. The summed E-state index contributed by atoms with van der Waals surface area (Å²) in [5.74, 6) is 0. The summed E-state index contributed by atoms with van der Waals surface area (Å²) >= 11 is 3.51. The Kier molecular flexibility index (Phi) is 4.00. The molecule has 2 rings (SSSR count). The minimum absolute atomic E-state index is 0.196. The predicted octanol–water partition coefficient (Wildman–Crippen LogP) is 2.28. The summed E-state index contributed by atoms with van der Waals surface area (Å²) in [6, 6.07) is 7.24. The van der Waals surface area contributed by atoms with Gasteiger partial charge in [0.25, 0.3) is 0 Å². The van der Waals surface area contributed by atoms with E-state index in [0.717, 1.165) is 19.3 Å². The second-order valence-electron chi connectivity index (χ2n) is 4.60. The Morgan fingerprint density at radius 3 is 3.06 bits per heavy atom. The highest BCUT2D eigenvalue weighted by Crippen LogP contribution is 2.24. The van der Waals surface area contributed by atoms with E-state index in [1.165, 1.54) is 15.6 Å². The topological polar surface area (TPSA) is 32.3 Å². The van der Waals surface area contributed by atoms with E-state index >= 15 is 0 Å². The van der Waals surface area contributed by atoms with Crippen LogP contribution in [0.15, 0.2) is 22.7 Å². The van der Waals surface area contributed by atoms with Crippen molar-refractivity contribution in [2.75, 3.05) is 6.61 Å². The van der Waals surface area contributed by atoms with E-state index in [9.17, 15) is 0 Å².